The first-order valence-corrected chi connectivity index (χ1v) is 6.96. The molecule has 5 nitrogen and oxygen atoms in total. The zero-order valence-corrected chi connectivity index (χ0v) is 11.7. The van der Waals surface area contributed by atoms with Crippen LogP contribution in [0.2, 0.25) is 0 Å². The fourth-order valence-electron chi connectivity index (χ4n) is 2.65. The van der Waals surface area contributed by atoms with Gasteiger partial charge in [0.05, 0.1) is 13.2 Å². The third kappa shape index (κ3) is 3.49. The summed E-state index contributed by atoms with van der Waals surface area (Å²) in [6.45, 7) is 0.185. The van der Waals surface area contributed by atoms with Crippen LogP contribution in [0.4, 0.5) is 0 Å². The lowest BCUT2D eigenvalue weighted by Gasteiger charge is -2.17. The number of benzene rings is 1. The van der Waals surface area contributed by atoms with Crippen LogP contribution in [0.3, 0.4) is 0 Å². The van der Waals surface area contributed by atoms with Gasteiger partial charge in [-0.3, -0.25) is 4.79 Å². The largest absolute Gasteiger partial charge is 0.496 e. The van der Waals surface area contributed by atoms with Crippen molar-refractivity contribution in [1.82, 2.24) is 5.32 Å². The van der Waals surface area contributed by atoms with Gasteiger partial charge in [0.1, 0.15) is 5.75 Å². The third-order valence-corrected chi connectivity index (χ3v) is 3.81. The monoisotopic (exact) mass is 278 g/mol. The molecule has 1 aliphatic rings. The Kier molecular flexibility index (Phi) is 4.98. The van der Waals surface area contributed by atoms with E-state index in [1.807, 2.05) is 12.1 Å². The smallest absolute Gasteiger partial charge is 0.223 e. The maximum atomic E-state index is 12.0. The van der Waals surface area contributed by atoms with E-state index in [0.717, 1.165) is 19.3 Å². The van der Waals surface area contributed by atoms with Gasteiger partial charge in [-0.2, -0.15) is 0 Å². The number of nitrogens with one attached hydrogen (secondary N) is 1. The van der Waals surface area contributed by atoms with Gasteiger partial charge in [-0.25, -0.2) is 0 Å². The van der Waals surface area contributed by atoms with E-state index < -0.39 is 6.10 Å². The molecule has 110 valence electrons. The molecule has 1 saturated carbocycles. The molecule has 1 amide bonds. The predicted molar refractivity (Wildman–Crippen MR) is 76.3 cm³/mol. The van der Waals surface area contributed by atoms with E-state index in [-0.39, 0.29) is 24.4 Å². The van der Waals surface area contributed by atoms with Gasteiger partial charge in [-0.05, 0) is 25.3 Å². The van der Waals surface area contributed by atoms with Crippen LogP contribution < -0.4 is 15.8 Å². The molecule has 0 heterocycles. The van der Waals surface area contributed by atoms with Crippen molar-refractivity contribution in [2.75, 3.05) is 13.7 Å². The minimum absolute atomic E-state index is 0.0186. The molecule has 1 aromatic carbocycles. The van der Waals surface area contributed by atoms with Crippen molar-refractivity contribution in [2.45, 2.75) is 31.4 Å². The highest BCUT2D eigenvalue weighted by Crippen LogP contribution is 2.26. The summed E-state index contributed by atoms with van der Waals surface area (Å²) in [4.78, 5) is 12.0. The molecule has 5 heteroatoms. The van der Waals surface area contributed by atoms with Crippen LogP contribution in [0.5, 0.6) is 5.75 Å². The number of carbonyl (C=O) groups excluding carboxylic acids is 1. The lowest BCUT2D eigenvalue weighted by molar-refractivity contribution is -0.125. The summed E-state index contributed by atoms with van der Waals surface area (Å²) in [5, 5.41) is 13.0. The lowest BCUT2D eigenvalue weighted by Crippen LogP contribution is -2.33. The van der Waals surface area contributed by atoms with Gasteiger partial charge < -0.3 is 20.9 Å². The SMILES string of the molecule is COc1ccccc1[C@H](O)CNC(=O)[C@H]1CC[C@@H](N)C1. The maximum Gasteiger partial charge on any atom is 0.223 e. The molecule has 1 fully saturated rings. The Morgan fingerprint density at radius 3 is 2.90 bits per heavy atom. The summed E-state index contributed by atoms with van der Waals surface area (Å²) < 4.78 is 5.20. The number of methoxy groups -OCH3 is 1. The first kappa shape index (κ1) is 14.8. The highest BCUT2D eigenvalue weighted by atomic mass is 16.5. The Morgan fingerprint density at radius 1 is 1.50 bits per heavy atom. The van der Waals surface area contributed by atoms with E-state index >= 15 is 0 Å². The molecule has 0 spiro atoms. The standard InChI is InChI=1S/C15H22N2O3/c1-20-14-5-3-2-4-12(14)13(18)9-17-15(19)10-6-7-11(16)8-10/h2-5,10-11,13,18H,6-9,16H2,1H3,(H,17,19)/t10-,11+,13+/m0/s1. The first-order chi connectivity index (χ1) is 9.61. The molecule has 2 rings (SSSR count). The summed E-state index contributed by atoms with van der Waals surface area (Å²) >= 11 is 0. The van der Waals surface area contributed by atoms with Crippen LogP contribution in [-0.4, -0.2) is 30.7 Å². The molecule has 0 aliphatic heterocycles. The second-order valence-electron chi connectivity index (χ2n) is 5.27. The van der Waals surface area contributed by atoms with Crippen LogP contribution in [-0.2, 0) is 4.79 Å². The van der Waals surface area contributed by atoms with Crippen molar-refractivity contribution in [3.05, 3.63) is 29.8 Å². The number of carbonyl (C=O) groups is 1. The average molecular weight is 278 g/mol. The highest BCUT2D eigenvalue weighted by Gasteiger charge is 2.28. The van der Waals surface area contributed by atoms with Crippen molar-refractivity contribution in [2.24, 2.45) is 11.7 Å². The molecule has 0 bridgehead atoms. The van der Waals surface area contributed by atoms with Crippen molar-refractivity contribution >= 4 is 5.91 Å². The van der Waals surface area contributed by atoms with E-state index in [1.54, 1.807) is 19.2 Å². The van der Waals surface area contributed by atoms with Crippen LogP contribution in [0.25, 0.3) is 0 Å². The van der Waals surface area contributed by atoms with Gasteiger partial charge in [0.2, 0.25) is 5.91 Å². The first-order valence-electron chi connectivity index (χ1n) is 6.96. The molecular weight excluding hydrogens is 256 g/mol. The lowest BCUT2D eigenvalue weighted by atomic mass is 10.1. The zero-order valence-electron chi connectivity index (χ0n) is 11.7. The van der Waals surface area contributed by atoms with E-state index in [0.29, 0.717) is 11.3 Å². The minimum atomic E-state index is -0.773. The average Bonchev–Trinajstić information content (AvgIpc) is 2.91. The molecule has 0 aromatic heterocycles. The van der Waals surface area contributed by atoms with Gasteiger partial charge in [-0.15, -0.1) is 0 Å². The second-order valence-corrected chi connectivity index (χ2v) is 5.27. The fraction of sp³-hybridized carbons (Fsp3) is 0.533. The molecule has 0 radical (unpaired) electrons. The molecule has 20 heavy (non-hydrogen) atoms. The van der Waals surface area contributed by atoms with Crippen LogP contribution >= 0.6 is 0 Å². The summed E-state index contributed by atoms with van der Waals surface area (Å²) in [7, 11) is 1.56. The normalized spacial score (nSPS) is 23.4. The van der Waals surface area contributed by atoms with Gasteiger partial charge in [0.25, 0.3) is 0 Å². The van der Waals surface area contributed by atoms with E-state index in [1.165, 1.54) is 0 Å². The fourth-order valence-corrected chi connectivity index (χ4v) is 2.65. The number of aliphatic hydroxyl groups excluding tert-OH is 1. The van der Waals surface area contributed by atoms with E-state index in [9.17, 15) is 9.90 Å². The summed E-state index contributed by atoms with van der Waals surface area (Å²) in [6, 6.07) is 7.38. The minimum Gasteiger partial charge on any atom is -0.496 e. The van der Waals surface area contributed by atoms with Crippen LogP contribution in [0, 0.1) is 5.92 Å². The maximum absolute atomic E-state index is 12.0. The number of nitrogens with two attached hydrogens (primary N) is 1. The van der Waals surface area contributed by atoms with Crippen LogP contribution in [0.1, 0.15) is 30.9 Å². The molecule has 1 aliphatic carbocycles. The topological polar surface area (TPSA) is 84.6 Å². The number of ether oxygens (including phenoxy) is 1. The van der Waals surface area contributed by atoms with Crippen LogP contribution in [0.15, 0.2) is 24.3 Å². The summed E-state index contributed by atoms with van der Waals surface area (Å²) in [5.41, 5.74) is 6.48. The molecule has 1 aromatic rings. The number of hydrogen-bond acceptors (Lipinski definition) is 4. The Hall–Kier alpha value is -1.59. The number of aliphatic hydroxyl groups is 1. The number of para-hydroxylation sites is 1. The zero-order chi connectivity index (χ0) is 14.5. The van der Waals surface area contributed by atoms with Gasteiger partial charge in [0.15, 0.2) is 0 Å². The Labute approximate surface area is 119 Å². The second kappa shape index (κ2) is 6.72. The molecule has 0 saturated heterocycles. The molecule has 3 atom stereocenters. The molecule has 0 unspecified atom stereocenters. The van der Waals surface area contributed by atoms with Gasteiger partial charge in [-0.1, -0.05) is 18.2 Å². The Morgan fingerprint density at radius 2 is 2.25 bits per heavy atom. The van der Waals surface area contributed by atoms with E-state index in [2.05, 4.69) is 5.32 Å². The van der Waals surface area contributed by atoms with Gasteiger partial charge in [0, 0.05) is 24.1 Å². The van der Waals surface area contributed by atoms with Crippen molar-refractivity contribution < 1.29 is 14.6 Å². The quantitative estimate of drug-likeness (QED) is 0.749. The Balaban J connectivity index is 1.88. The van der Waals surface area contributed by atoms with E-state index in [4.69, 9.17) is 10.5 Å². The van der Waals surface area contributed by atoms with Gasteiger partial charge >= 0.3 is 0 Å². The van der Waals surface area contributed by atoms with Crippen molar-refractivity contribution in [1.29, 1.82) is 0 Å². The molecular formula is C15H22N2O3. The van der Waals surface area contributed by atoms with Crippen molar-refractivity contribution in [3.63, 3.8) is 0 Å². The number of rotatable bonds is 5. The summed E-state index contributed by atoms with van der Waals surface area (Å²) in [5.74, 6) is 0.582. The summed E-state index contributed by atoms with van der Waals surface area (Å²) in [6.07, 6.45) is 1.69. The third-order valence-electron chi connectivity index (χ3n) is 3.81. The predicted octanol–water partition coefficient (Wildman–Crippen LogP) is 0.972. The number of hydrogen-bond donors (Lipinski definition) is 3. The highest BCUT2D eigenvalue weighted by molar-refractivity contribution is 5.79. The molecule has 4 N–H and O–H groups in total. The Bertz CT molecular complexity index is 464. The van der Waals surface area contributed by atoms with Crippen molar-refractivity contribution in [3.8, 4) is 5.75 Å². The number of amides is 1.